The number of carbonyl (C=O) groups excluding carboxylic acids is 3. The average Bonchev–Trinajstić information content (AvgIpc) is 3.34. The molecule has 0 saturated heterocycles. The number of carbonyl (C=O) groups is 3. The number of benzene rings is 2. The summed E-state index contributed by atoms with van der Waals surface area (Å²) in [4.78, 5) is 38.9. The molecule has 6 rings (SSSR count). The zero-order valence-electron chi connectivity index (χ0n) is 28.2. The molecular weight excluding hydrogens is 572 g/mol. The Morgan fingerprint density at radius 3 is 2.22 bits per heavy atom. The van der Waals surface area contributed by atoms with Crippen molar-refractivity contribution in [2.45, 2.75) is 98.0 Å². The topological polar surface area (TPSA) is 69.7 Å². The van der Waals surface area contributed by atoms with E-state index in [1.54, 1.807) is 12.1 Å². The van der Waals surface area contributed by atoms with Gasteiger partial charge < -0.3 is 9.47 Å². The van der Waals surface area contributed by atoms with E-state index in [0.29, 0.717) is 53.1 Å². The van der Waals surface area contributed by atoms with Crippen LogP contribution in [0.5, 0.6) is 0 Å². The fourth-order valence-electron chi connectivity index (χ4n) is 10.2. The summed E-state index contributed by atoms with van der Waals surface area (Å²) in [6.45, 7) is 9.77. The van der Waals surface area contributed by atoms with Crippen molar-refractivity contribution in [2.75, 3.05) is 6.61 Å². The second kappa shape index (κ2) is 13.5. The lowest BCUT2D eigenvalue weighted by molar-refractivity contribution is -0.142. The maximum absolute atomic E-state index is 13.8. The molecule has 2 aromatic carbocycles. The van der Waals surface area contributed by atoms with E-state index in [-0.39, 0.29) is 34.8 Å². The summed E-state index contributed by atoms with van der Waals surface area (Å²) in [7, 11) is 0. The van der Waals surface area contributed by atoms with Crippen LogP contribution in [0.15, 0.2) is 72.3 Å². The van der Waals surface area contributed by atoms with E-state index in [2.05, 4.69) is 33.8 Å². The largest absolute Gasteiger partial charge is 0.462 e. The number of hydrogen-bond acceptors (Lipinski definition) is 5. The van der Waals surface area contributed by atoms with Gasteiger partial charge in [0.1, 0.15) is 6.10 Å². The van der Waals surface area contributed by atoms with E-state index in [4.69, 9.17) is 9.47 Å². The molecule has 0 unspecified atom stereocenters. The minimum atomic E-state index is -0.257. The van der Waals surface area contributed by atoms with E-state index in [0.717, 1.165) is 57.8 Å². The van der Waals surface area contributed by atoms with Crippen LogP contribution in [0.3, 0.4) is 0 Å². The summed E-state index contributed by atoms with van der Waals surface area (Å²) in [5, 5.41) is 0. The molecule has 0 radical (unpaired) electrons. The van der Waals surface area contributed by atoms with E-state index < -0.39 is 0 Å². The van der Waals surface area contributed by atoms with Gasteiger partial charge in [-0.3, -0.25) is 4.79 Å². The standard InChI is InChI=1S/C41H52O5/c1-27(26-45-38(43)29-14-7-5-8-15-29)12-11-13-28(2)35-25-36(42)37-33-19-18-31-24-32(46-39(44)30-16-9-6-10-17-30)20-22-40(31,3)34(33)21-23-41(35,37)4/h5-10,14-17,25,27-28,31-34,37H,11-13,18-24,26H2,1-4H3/t27-,28-,31+,32+,33-,34+,37-,40+,41-/m1/s1. The molecule has 2 aromatic rings. The molecule has 0 N–H and O–H groups in total. The highest BCUT2D eigenvalue weighted by Gasteiger charge is 2.61. The fourth-order valence-corrected chi connectivity index (χ4v) is 10.2. The number of hydrogen-bond donors (Lipinski definition) is 0. The fraction of sp³-hybridized carbons (Fsp3) is 0.585. The second-order valence-corrected chi connectivity index (χ2v) is 15.6. The Morgan fingerprint density at radius 1 is 0.848 bits per heavy atom. The smallest absolute Gasteiger partial charge is 0.338 e. The average molecular weight is 625 g/mol. The van der Waals surface area contributed by atoms with Crippen LogP contribution in [-0.2, 0) is 14.3 Å². The lowest BCUT2D eigenvalue weighted by atomic mass is 9.44. The lowest BCUT2D eigenvalue weighted by Crippen LogP contribution is -2.55. The molecule has 4 aliphatic carbocycles. The molecule has 0 spiro atoms. The summed E-state index contributed by atoms with van der Waals surface area (Å²) in [6.07, 6.45) is 12.6. The molecule has 5 nitrogen and oxygen atoms in total. The molecule has 0 heterocycles. The van der Waals surface area contributed by atoms with E-state index in [1.165, 1.54) is 12.0 Å². The Labute approximate surface area is 275 Å². The van der Waals surface area contributed by atoms with Crippen molar-refractivity contribution in [3.05, 3.63) is 83.4 Å². The molecule has 3 saturated carbocycles. The molecule has 9 atom stereocenters. The first-order chi connectivity index (χ1) is 22.1. The van der Waals surface area contributed by atoms with E-state index in [9.17, 15) is 14.4 Å². The number of fused-ring (bicyclic) bond motifs is 5. The summed E-state index contributed by atoms with van der Waals surface area (Å²) >= 11 is 0. The van der Waals surface area contributed by atoms with Gasteiger partial charge in [0.25, 0.3) is 0 Å². The van der Waals surface area contributed by atoms with Gasteiger partial charge in [-0.2, -0.15) is 0 Å². The monoisotopic (exact) mass is 624 g/mol. The Bertz CT molecular complexity index is 1430. The van der Waals surface area contributed by atoms with E-state index in [1.807, 2.05) is 48.5 Å². The molecular formula is C41H52O5. The first kappa shape index (κ1) is 32.7. The Kier molecular flexibility index (Phi) is 9.60. The van der Waals surface area contributed by atoms with Crippen molar-refractivity contribution < 1.29 is 23.9 Å². The number of ether oxygens (including phenoxy) is 2. The summed E-state index contributed by atoms with van der Waals surface area (Å²) in [6, 6.07) is 18.5. The molecule has 0 amide bonds. The van der Waals surface area contributed by atoms with Crippen molar-refractivity contribution in [3.8, 4) is 0 Å². The quantitative estimate of drug-likeness (QED) is 0.247. The third-order valence-corrected chi connectivity index (χ3v) is 12.7. The molecule has 4 aliphatic rings. The Hall–Kier alpha value is -3.21. The zero-order valence-corrected chi connectivity index (χ0v) is 28.2. The van der Waals surface area contributed by atoms with Crippen LogP contribution in [0.25, 0.3) is 0 Å². The zero-order chi connectivity index (χ0) is 32.5. The SMILES string of the molecule is C[C@H](CCC[C@@H](C)C1=CC(=O)[C@H]2[C@@H]3CC[C@H]4C[C@@H](OC(=O)c5ccccc5)CC[C@]4(C)[C@H]3CC[C@]12C)COC(=O)c1ccccc1. The van der Waals surface area contributed by atoms with Crippen LogP contribution in [0.1, 0.15) is 113 Å². The van der Waals surface area contributed by atoms with Crippen LogP contribution < -0.4 is 0 Å². The highest BCUT2D eigenvalue weighted by molar-refractivity contribution is 5.97. The maximum Gasteiger partial charge on any atom is 0.338 e. The highest BCUT2D eigenvalue weighted by Crippen LogP contribution is 2.66. The van der Waals surface area contributed by atoms with E-state index >= 15 is 0 Å². The number of esters is 2. The van der Waals surface area contributed by atoms with Gasteiger partial charge in [0.05, 0.1) is 17.7 Å². The minimum absolute atomic E-state index is 0.0166. The first-order valence-corrected chi connectivity index (χ1v) is 17.8. The molecule has 0 aromatic heterocycles. The summed E-state index contributed by atoms with van der Waals surface area (Å²) in [5.41, 5.74) is 2.77. The van der Waals surface area contributed by atoms with Crippen LogP contribution in [0, 0.1) is 46.3 Å². The minimum Gasteiger partial charge on any atom is -0.462 e. The van der Waals surface area contributed by atoms with Gasteiger partial charge in [0, 0.05) is 5.92 Å². The van der Waals surface area contributed by atoms with Gasteiger partial charge >= 0.3 is 11.9 Å². The number of allylic oxidation sites excluding steroid dienone is 2. The van der Waals surface area contributed by atoms with Gasteiger partial charge in [-0.1, -0.05) is 76.1 Å². The second-order valence-electron chi connectivity index (χ2n) is 15.6. The molecule has 5 heteroatoms. The molecule has 0 aliphatic heterocycles. The Morgan fingerprint density at radius 2 is 1.52 bits per heavy atom. The van der Waals surface area contributed by atoms with Gasteiger partial charge in [-0.15, -0.1) is 0 Å². The lowest BCUT2D eigenvalue weighted by Gasteiger charge is -2.60. The van der Waals surface area contributed by atoms with Crippen molar-refractivity contribution in [1.29, 1.82) is 0 Å². The van der Waals surface area contributed by atoms with Gasteiger partial charge in [-0.25, -0.2) is 9.59 Å². The van der Waals surface area contributed by atoms with Crippen molar-refractivity contribution in [3.63, 3.8) is 0 Å². The van der Waals surface area contributed by atoms with Crippen LogP contribution >= 0.6 is 0 Å². The highest BCUT2D eigenvalue weighted by atomic mass is 16.5. The van der Waals surface area contributed by atoms with Gasteiger partial charge in [0.2, 0.25) is 0 Å². The third-order valence-electron chi connectivity index (χ3n) is 12.7. The molecule has 0 bridgehead atoms. The summed E-state index contributed by atoms with van der Waals surface area (Å²) in [5.74, 6) is 2.21. The molecule has 46 heavy (non-hydrogen) atoms. The first-order valence-electron chi connectivity index (χ1n) is 17.8. The predicted molar refractivity (Wildman–Crippen MR) is 180 cm³/mol. The number of rotatable bonds is 10. The molecule has 3 fully saturated rings. The Balaban J connectivity index is 1.02. The van der Waals surface area contributed by atoms with Crippen LogP contribution in [0.4, 0.5) is 0 Å². The third kappa shape index (κ3) is 6.36. The van der Waals surface area contributed by atoms with Crippen molar-refractivity contribution in [1.82, 2.24) is 0 Å². The predicted octanol–water partition coefficient (Wildman–Crippen LogP) is 9.27. The number of ketones is 1. The van der Waals surface area contributed by atoms with Crippen LogP contribution in [-0.4, -0.2) is 30.4 Å². The molecule has 246 valence electrons. The summed E-state index contributed by atoms with van der Waals surface area (Å²) < 4.78 is 11.6. The van der Waals surface area contributed by atoms with Crippen LogP contribution in [0.2, 0.25) is 0 Å². The van der Waals surface area contributed by atoms with Crippen molar-refractivity contribution in [2.24, 2.45) is 46.3 Å². The maximum atomic E-state index is 13.8. The van der Waals surface area contributed by atoms with Gasteiger partial charge in [0.15, 0.2) is 5.78 Å². The van der Waals surface area contributed by atoms with Crippen molar-refractivity contribution >= 4 is 17.7 Å². The normalized spacial score (nSPS) is 33.1. The van der Waals surface area contributed by atoms with Gasteiger partial charge in [-0.05, 0) is 129 Å².